The molecule has 2 heterocycles. The van der Waals surface area contributed by atoms with Gasteiger partial charge in [-0.15, -0.1) is 0 Å². The molecule has 8 nitrogen and oxygen atoms in total. The van der Waals surface area contributed by atoms with Crippen molar-refractivity contribution in [3.8, 4) is 11.4 Å². The Bertz CT molecular complexity index is 1590. The van der Waals surface area contributed by atoms with Crippen molar-refractivity contribution >= 4 is 35.1 Å². The minimum Gasteiger partial charge on any atom is -0.477 e. The predicted molar refractivity (Wildman–Crippen MR) is 146 cm³/mol. The summed E-state index contributed by atoms with van der Waals surface area (Å²) in [6.07, 6.45) is 0. The molecular formula is C28H24Cl2N2O6. The molecule has 0 aliphatic rings. The summed E-state index contributed by atoms with van der Waals surface area (Å²) in [6, 6.07) is 19.6. The second kappa shape index (κ2) is 12.4. The Balaban J connectivity index is 0.000000212. The number of carboxylic acid groups (broad SMARTS) is 1. The van der Waals surface area contributed by atoms with Crippen molar-refractivity contribution in [3.63, 3.8) is 0 Å². The van der Waals surface area contributed by atoms with E-state index < -0.39 is 23.1 Å². The molecule has 0 atom stereocenters. The minimum absolute atomic E-state index is 0.0207. The number of benzene rings is 2. The second-order valence-corrected chi connectivity index (χ2v) is 8.91. The van der Waals surface area contributed by atoms with Crippen LogP contribution in [-0.4, -0.2) is 32.8 Å². The first-order valence-corrected chi connectivity index (χ1v) is 12.2. The molecule has 0 saturated heterocycles. The number of aromatic nitrogens is 2. The van der Waals surface area contributed by atoms with Crippen molar-refractivity contribution < 1.29 is 19.4 Å². The van der Waals surface area contributed by atoms with Crippen LogP contribution in [0.15, 0.2) is 82.4 Å². The number of pyridine rings is 2. The lowest BCUT2D eigenvalue weighted by Crippen LogP contribution is -2.27. The number of aryl methyl sites for hydroxylation is 2. The van der Waals surface area contributed by atoms with Gasteiger partial charge in [0, 0.05) is 32.8 Å². The van der Waals surface area contributed by atoms with Crippen LogP contribution in [0, 0.1) is 13.8 Å². The second-order valence-electron chi connectivity index (χ2n) is 8.04. The maximum Gasteiger partial charge on any atom is 0.343 e. The highest BCUT2D eigenvalue weighted by molar-refractivity contribution is 6.30. The molecule has 0 fully saturated rings. The zero-order chi connectivity index (χ0) is 28.0. The Hall–Kier alpha value is -4.14. The SMILES string of the molecule is CCOC(=O)c1ccc(C)n(-c2ccc(Cl)cc2)c1=O.Cc1ccc(C(=O)O)c(=O)n1-c1ccc(Cl)cc1. The first-order valence-electron chi connectivity index (χ1n) is 11.4. The Kier molecular flexibility index (Phi) is 9.28. The van der Waals surface area contributed by atoms with Gasteiger partial charge in [0.25, 0.3) is 11.1 Å². The van der Waals surface area contributed by atoms with Gasteiger partial charge in [0.05, 0.1) is 6.61 Å². The van der Waals surface area contributed by atoms with E-state index in [2.05, 4.69) is 0 Å². The number of carbonyl (C=O) groups is 2. The third-order valence-corrected chi connectivity index (χ3v) is 5.95. The topological polar surface area (TPSA) is 108 Å². The van der Waals surface area contributed by atoms with Gasteiger partial charge < -0.3 is 9.84 Å². The van der Waals surface area contributed by atoms with E-state index in [9.17, 15) is 19.2 Å². The van der Waals surface area contributed by atoms with Crippen LogP contribution in [0.4, 0.5) is 0 Å². The van der Waals surface area contributed by atoms with Crippen LogP contribution in [-0.2, 0) is 4.74 Å². The molecule has 4 aromatic rings. The molecule has 0 spiro atoms. The smallest absolute Gasteiger partial charge is 0.343 e. The summed E-state index contributed by atoms with van der Waals surface area (Å²) in [6.45, 7) is 5.46. The number of hydrogen-bond acceptors (Lipinski definition) is 5. The van der Waals surface area contributed by atoms with Crippen molar-refractivity contribution in [2.24, 2.45) is 0 Å². The fourth-order valence-electron chi connectivity index (χ4n) is 3.61. The van der Waals surface area contributed by atoms with Crippen molar-refractivity contribution in [3.05, 3.63) is 126 Å². The van der Waals surface area contributed by atoms with Crippen molar-refractivity contribution in [2.45, 2.75) is 20.8 Å². The zero-order valence-corrected chi connectivity index (χ0v) is 22.3. The lowest BCUT2D eigenvalue weighted by molar-refractivity contribution is 0.0523. The van der Waals surface area contributed by atoms with Gasteiger partial charge in [-0.1, -0.05) is 23.2 Å². The van der Waals surface area contributed by atoms with Gasteiger partial charge in [0.2, 0.25) is 0 Å². The fraction of sp³-hybridized carbons (Fsp3) is 0.143. The minimum atomic E-state index is -1.23. The normalized spacial score (nSPS) is 10.3. The van der Waals surface area contributed by atoms with E-state index in [1.165, 1.54) is 21.3 Å². The number of ether oxygens (including phenoxy) is 1. The molecule has 0 unspecified atom stereocenters. The highest BCUT2D eigenvalue weighted by Gasteiger charge is 2.16. The summed E-state index contributed by atoms with van der Waals surface area (Å²) in [5, 5.41) is 10.1. The standard InChI is InChI=1S/C15H14ClNO3.C13H10ClNO3/c1-3-20-15(19)13-9-4-10(2)17(14(13)18)12-7-5-11(16)6-8-12;1-8-2-7-11(13(17)18)12(16)15(8)10-5-3-9(14)4-6-10/h4-9H,3H2,1-2H3;2-7H,1H3,(H,17,18). The fourth-order valence-corrected chi connectivity index (χ4v) is 3.86. The third kappa shape index (κ3) is 6.40. The van der Waals surface area contributed by atoms with Gasteiger partial charge in [-0.05, 0) is 93.6 Å². The van der Waals surface area contributed by atoms with Gasteiger partial charge >= 0.3 is 11.9 Å². The number of rotatable bonds is 5. The molecule has 38 heavy (non-hydrogen) atoms. The number of esters is 1. The van der Waals surface area contributed by atoms with E-state index in [-0.39, 0.29) is 17.7 Å². The lowest BCUT2D eigenvalue weighted by atomic mass is 10.2. The molecular weight excluding hydrogens is 531 g/mol. The van der Waals surface area contributed by atoms with Gasteiger partial charge in [-0.2, -0.15) is 0 Å². The predicted octanol–water partition coefficient (Wildman–Crippen LogP) is 5.47. The van der Waals surface area contributed by atoms with Gasteiger partial charge in [0.1, 0.15) is 11.1 Å². The first kappa shape index (κ1) is 28.4. The molecule has 0 aliphatic carbocycles. The van der Waals surface area contributed by atoms with Crippen molar-refractivity contribution in [2.75, 3.05) is 6.61 Å². The summed E-state index contributed by atoms with van der Waals surface area (Å²) in [4.78, 5) is 47.2. The first-order chi connectivity index (χ1) is 18.0. The molecule has 4 rings (SSSR count). The van der Waals surface area contributed by atoms with E-state index in [4.69, 9.17) is 33.0 Å². The van der Waals surface area contributed by atoms with Crippen LogP contribution in [0.3, 0.4) is 0 Å². The molecule has 0 saturated carbocycles. The Labute approximate surface area is 228 Å². The lowest BCUT2D eigenvalue weighted by Gasteiger charge is -2.11. The number of aromatic carboxylic acids is 1. The van der Waals surface area contributed by atoms with Crippen LogP contribution in [0.5, 0.6) is 0 Å². The van der Waals surface area contributed by atoms with E-state index in [0.717, 1.165) is 5.69 Å². The van der Waals surface area contributed by atoms with Crippen LogP contribution in [0.2, 0.25) is 10.0 Å². The summed E-state index contributed by atoms with van der Waals surface area (Å²) >= 11 is 11.6. The quantitative estimate of drug-likeness (QED) is 0.327. The van der Waals surface area contributed by atoms with Gasteiger partial charge in [-0.25, -0.2) is 9.59 Å². The van der Waals surface area contributed by atoms with E-state index in [1.54, 1.807) is 81.4 Å². The van der Waals surface area contributed by atoms with E-state index >= 15 is 0 Å². The van der Waals surface area contributed by atoms with Crippen LogP contribution in [0.25, 0.3) is 11.4 Å². The maximum atomic E-state index is 12.4. The molecule has 2 aromatic carbocycles. The van der Waals surface area contributed by atoms with Crippen molar-refractivity contribution in [1.29, 1.82) is 0 Å². The molecule has 0 bridgehead atoms. The van der Waals surface area contributed by atoms with Gasteiger partial charge in [0.15, 0.2) is 0 Å². The highest BCUT2D eigenvalue weighted by Crippen LogP contribution is 2.15. The Morgan fingerprint density at radius 3 is 1.50 bits per heavy atom. The maximum absolute atomic E-state index is 12.4. The number of carboxylic acids is 1. The molecule has 10 heteroatoms. The van der Waals surface area contributed by atoms with E-state index in [0.29, 0.717) is 27.1 Å². The molecule has 0 aliphatic heterocycles. The monoisotopic (exact) mass is 554 g/mol. The van der Waals surface area contributed by atoms with Crippen LogP contribution >= 0.6 is 23.2 Å². The molecule has 0 radical (unpaired) electrons. The van der Waals surface area contributed by atoms with Crippen LogP contribution < -0.4 is 11.1 Å². The number of halogens is 2. The van der Waals surface area contributed by atoms with Crippen molar-refractivity contribution in [1.82, 2.24) is 9.13 Å². The average Bonchev–Trinajstić information content (AvgIpc) is 2.86. The number of carbonyl (C=O) groups excluding carboxylic acids is 1. The zero-order valence-electron chi connectivity index (χ0n) is 20.8. The summed E-state index contributed by atoms with van der Waals surface area (Å²) in [5.41, 5.74) is 1.45. The summed E-state index contributed by atoms with van der Waals surface area (Å²) in [7, 11) is 0. The highest BCUT2D eigenvalue weighted by atomic mass is 35.5. The molecule has 0 amide bonds. The Morgan fingerprint density at radius 2 is 1.11 bits per heavy atom. The summed E-state index contributed by atoms with van der Waals surface area (Å²) < 4.78 is 7.69. The Morgan fingerprint density at radius 1 is 0.711 bits per heavy atom. The van der Waals surface area contributed by atoms with Gasteiger partial charge in [-0.3, -0.25) is 18.7 Å². The summed E-state index contributed by atoms with van der Waals surface area (Å²) in [5.74, 6) is -1.84. The largest absolute Gasteiger partial charge is 0.477 e. The number of nitrogens with zero attached hydrogens (tertiary/aromatic N) is 2. The molecule has 1 N–H and O–H groups in total. The van der Waals surface area contributed by atoms with Crippen LogP contribution in [0.1, 0.15) is 39.0 Å². The molecule has 196 valence electrons. The van der Waals surface area contributed by atoms with E-state index in [1.807, 2.05) is 0 Å². The number of hydrogen-bond donors (Lipinski definition) is 1. The average molecular weight is 555 g/mol. The third-order valence-electron chi connectivity index (χ3n) is 5.45. The molecule has 2 aromatic heterocycles.